The summed E-state index contributed by atoms with van der Waals surface area (Å²) in [4.78, 5) is 4.86. The van der Waals surface area contributed by atoms with Gasteiger partial charge in [-0.25, -0.2) is 0 Å². The van der Waals surface area contributed by atoms with Crippen LogP contribution in [-0.4, -0.2) is 8.80 Å². The molecule has 15 aromatic carbocycles. The minimum Gasteiger partial charge on any atom is -0.454 e. The number of nitrogens with zero attached hydrogens (tertiary/aromatic N) is 4. The maximum Gasteiger partial charge on any atom is 0.159 e. The molecule has 0 fully saturated rings. The molecular weight excluding hydrogens is 1190 g/mol. The van der Waals surface area contributed by atoms with E-state index in [1.807, 2.05) is 0 Å². The summed E-state index contributed by atoms with van der Waals surface area (Å²) in [5.41, 5.74) is 28.4. The Labute approximate surface area is 563 Å². The summed E-state index contributed by atoms with van der Waals surface area (Å²) in [6.45, 7) is 4.44. The topological polar surface area (TPSA) is 41.6 Å². The number of rotatable bonds is 10. The van der Waals surface area contributed by atoms with Crippen LogP contribution >= 0.6 is 0 Å². The second-order valence-corrected chi connectivity index (χ2v) is 26.3. The zero-order chi connectivity index (χ0) is 64.4. The van der Waals surface area contributed by atoms with E-state index in [0.717, 1.165) is 134 Å². The number of aromatic nitrogens is 2. The van der Waals surface area contributed by atoms with Crippen LogP contribution < -0.4 is 9.80 Å². The summed E-state index contributed by atoms with van der Waals surface area (Å²) in [5.74, 6) is 0. The maximum absolute atomic E-state index is 6.93. The van der Waals surface area contributed by atoms with Crippen LogP contribution in [0.25, 0.3) is 165 Å². The summed E-state index contributed by atoms with van der Waals surface area (Å²) in [6, 6.07) is 116. The first kappa shape index (κ1) is 54.5. The SMILES string of the molecule is Cc1ccc(-c2ccccc2)cc1N(c1ccc2c(c1)c1cccc3c4c(-c5ccccc5)c5c(c(-c6ccccc6)c4n2c13)c1cccc2c3cc(N(c4cc(-c6ccccc6)ccc4C)c4cccc6c4oc4ccccc46)ccc3n5c21)c1cccc2c1oc1ccccc12. The number of benzene rings is 15. The second-order valence-electron chi connectivity index (χ2n) is 26.3. The molecule has 6 nitrogen and oxygen atoms in total. The van der Waals surface area contributed by atoms with Crippen LogP contribution in [0.15, 0.2) is 324 Å². The van der Waals surface area contributed by atoms with Crippen molar-refractivity contribution in [1.82, 2.24) is 8.80 Å². The minimum atomic E-state index is 0.847. The lowest BCUT2D eigenvalue weighted by Gasteiger charge is -2.28. The smallest absolute Gasteiger partial charge is 0.159 e. The van der Waals surface area contributed by atoms with Crippen LogP contribution in [0.3, 0.4) is 0 Å². The molecule has 458 valence electrons. The number of hydrogen-bond donors (Lipinski definition) is 0. The van der Waals surface area contributed by atoms with Crippen molar-refractivity contribution in [3.05, 3.63) is 327 Å². The van der Waals surface area contributed by atoms with Gasteiger partial charge in [0.15, 0.2) is 11.2 Å². The predicted molar refractivity (Wildman–Crippen MR) is 411 cm³/mol. The van der Waals surface area contributed by atoms with Gasteiger partial charge in [-0.2, -0.15) is 0 Å². The summed E-state index contributed by atoms with van der Waals surface area (Å²) in [6.07, 6.45) is 0. The molecular formula is C92H58N4O2. The Bertz CT molecular complexity index is 6410. The van der Waals surface area contributed by atoms with Crippen LogP contribution in [0, 0.1) is 13.8 Å². The molecule has 0 saturated carbocycles. The normalized spacial score (nSPS) is 12.2. The van der Waals surface area contributed by atoms with E-state index in [1.165, 1.54) is 76.3 Å². The van der Waals surface area contributed by atoms with Crippen molar-refractivity contribution in [2.75, 3.05) is 9.80 Å². The van der Waals surface area contributed by atoms with Gasteiger partial charge in [-0.05, 0) is 131 Å². The maximum atomic E-state index is 6.93. The van der Waals surface area contributed by atoms with E-state index in [0.29, 0.717) is 0 Å². The van der Waals surface area contributed by atoms with E-state index in [2.05, 4.69) is 348 Å². The molecule has 0 aliphatic heterocycles. The Hall–Kier alpha value is -12.9. The number of anilines is 6. The molecule has 98 heavy (non-hydrogen) atoms. The third-order valence-corrected chi connectivity index (χ3v) is 21.0. The molecule has 0 spiro atoms. The van der Waals surface area contributed by atoms with Gasteiger partial charge in [-0.1, -0.05) is 243 Å². The molecule has 0 N–H and O–H groups in total. The van der Waals surface area contributed by atoms with Crippen LogP contribution in [0.2, 0.25) is 0 Å². The largest absolute Gasteiger partial charge is 0.454 e. The quantitative estimate of drug-likeness (QED) is 0.137. The van der Waals surface area contributed by atoms with Crippen molar-refractivity contribution in [3.8, 4) is 44.5 Å². The fourth-order valence-corrected chi connectivity index (χ4v) is 16.7. The first-order chi connectivity index (χ1) is 48.5. The lowest BCUT2D eigenvalue weighted by Crippen LogP contribution is -2.12. The van der Waals surface area contributed by atoms with E-state index >= 15 is 0 Å². The summed E-state index contributed by atoms with van der Waals surface area (Å²) >= 11 is 0. The molecule has 0 amide bonds. The zero-order valence-corrected chi connectivity index (χ0v) is 53.6. The standard InChI is InChI=1S/C92H58N4O2/c1-55-43-45-61(57-23-7-3-8-24-57)51-79(55)93(77-39-21-35-69-65-31-15-17-41-81(65)97-91(69)77)63-47-49-75-73(53-63)67-33-19-37-71-85-84(60-29-13-6-14-30-60)90-86(83(59-27-11-5-12-28-59)89(85)95(75)87(67)71)72-38-20-34-68-74-54-64(48-50-76(74)96(90)88(68)72)94(80-52-62(46-44-56(80)2)58-25-9-4-10-26-58)78-40-22-36-70-66-32-16-18-42-82(66)98-92(70)78/h3-54H,1-2H3. The van der Waals surface area contributed by atoms with Gasteiger partial charge in [0.05, 0.1) is 44.5 Å². The van der Waals surface area contributed by atoms with Crippen molar-refractivity contribution in [2.45, 2.75) is 13.8 Å². The lowest BCUT2D eigenvalue weighted by molar-refractivity contribution is 0.668. The highest BCUT2D eigenvalue weighted by Gasteiger charge is 2.32. The van der Waals surface area contributed by atoms with Crippen LogP contribution in [-0.2, 0) is 0 Å². The third kappa shape index (κ3) is 7.73. The molecule has 6 aromatic heterocycles. The van der Waals surface area contributed by atoms with Crippen LogP contribution in [0.5, 0.6) is 0 Å². The average Bonchev–Trinajstić information content (AvgIpc) is 1.49. The Morgan fingerprint density at radius 3 is 1.03 bits per heavy atom. The lowest BCUT2D eigenvalue weighted by atomic mass is 9.89. The highest BCUT2D eigenvalue weighted by molar-refractivity contribution is 6.38. The molecule has 0 atom stereocenters. The predicted octanol–water partition coefficient (Wildman–Crippen LogP) is 26.0. The van der Waals surface area contributed by atoms with Crippen molar-refractivity contribution in [2.24, 2.45) is 0 Å². The molecule has 0 saturated heterocycles. The number of aryl methyl sites for hydroxylation is 2. The fourth-order valence-electron chi connectivity index (χ4n) is 16.7. The van der Waals surface area contributed by atoms with Gasteiger partial charge < -0.3 is 27.4 Å². The van der Waals surface area contributed by atoms with Gasteiger partial charge in [-0.15, -0.1) is 0 Å². The molecule has 0 bridgehead atoms. The Morgan fingerprint density at radius 2 is 0.602 bits per heavy atom. The minimum absolute atomic E-state index is 0.847. The van der Waals surface area contributed by atoms with E-state index in [-0.39, 0.29) is 0 Å². The van der Waals surface area contributed by atoms with Gasteiger partial charge in [0.1, 0.15) is 11.2 Å². The summed E-state index contributed by atoms with van der Waals surface area (Å²) < 4.78 is 19.1. The van der Waals surface area contributed by atoms with E-state index < -0.39 is 0 Å². The molecule has 21 aromatic rings. The fraction of sp³-hybridized carbons (Fsp3) is 0.0217. The van der Waals surface area contributed by atoms with E-state index in [9.17, 15) is 0 Å². The number of furan rings is 2. The first-order valence-electron chi connectivity index (χ1n) is 33.7. The molecule has 6 heterocycles. The summed E-state index contributed by atoms with van der Waals surface area (Å²) in [5, 5.41) is 14.0. The average molecular weight is 1250 g/mol. The molecule has 0 radical (unpaired) electrons. The van der Waals surface area contributed by atoms with Gasteiger partial charge in [0, 0.05) is 98.5 Å². The molecule has 21 rings (SSSR count). The summed E-state index contributed by atoms with van der Waals surface area (Å²) in [7, 11) is 0. The van der Waals surface area contributed by atoms with Crippen molar-refractivity contribution in [3.63, 3.8) is 0 Å². The van der Waals surface area contributed by atoms with Crippen molar-refractivity contribution in [1.29, 1.82) is 0 Å². The van der Waals surface area contributed by atoms with Gasteiger partial charge in [0.2, 0.25) is 0 Å². The second kappa shape index (κ2) is 20.8. The molecule has 0 aliphatic carbocycles. The molecule has 6 heteroatoms. The van der Waals surface area contributed by atoms with Crippen LogP contribution in [0.4, 0.5) is 34.1 Å². The van der Waals surface area contributed by atoms with Crippen LogP contribution in [0.1, 0.15) is 11.1 Å². The number of fused-ring (bicyclic) bond motifs is 18. The van der Waals surface area contributed by atoms with Crippen molar-refractivity contribution < 1.29 is 8.83 Å². The van der Waals surface area contributed by atoms with Gasteiger partial charge in [0.25, 0.3) is 0 Å². The number of para-hydroxylation sites is 6. The van der Waals surface area contributed by atoms with E-state index in [1.54, 1.807) is 0 Å². The van der Waals surface area contributed by atoms with Gasteiger partial charge >= 0.3 is 0 Å². The Kier molecular flexibility index (Phi) is 11.6. The van der Waals surface area contributed by atoms with Crippen molar-refractivity contribution >= 4 is 154 Å². The highest BCUT2D eigenvalue weighted by Crippen LogP contribution is 2.56. The van der Waals surface area contributed by atoms with Gasteiger partial charge in [-0.3, -0.25) is 0 Å². The highest BCUT2D eigenvalue weighted by atomic mass is 16.3. The monoisotopic (exact) mass is 1250 g/mol. The zero-order valence-electron chi connectivity index (χ0n) is 53.6. The Balaban J connectivity index is 0.844. The number of hydrogen-bond acceptors (Lipinski definition) is 4. The molecule has 0 aliphatic rings. The Morgan fingerprint density at radius 1 is 0.245 bits per heavy atom. The third-order valence-electron chi connectivity index (χ3n) is 21.0. The van der Waals surface area contributed by atoms with E-state index in [4.69, 9.17) is 8.83 Å². The molecule has 0 unspecified atom stereocenters. The first-order valence-corrected chi connectivity index (χ1v) is 33.7.